The standard InChI is InChI=1S/C52H63N6O3S.C36H56N2.C9H12.3C5H12.2Na.O3S/c1-49(2,3)32-57(33-50(4,5)6)46-31-45(48(62(59,60)61)43-20-16-15-19-42(43)46)56-54-40-28-23-37(24-29-40)36-21-26-39(27-22-36)53-55-44-30-25-38-17-13-14-18-41(38)47(44)58(34-51(7,8)9)35-52(10,11)12;1-33(2,3)25-37(26-34(4,5)6)31-21-17-29(18-22-31)15-13-14-16-30-19-23-32(24-20-30)38(27-35(7,8)9)28-36(10,11)12;1-8(2)9-6-4-3-5-7-9;3*1-5(2,3)4;;;1-4(2)3/h13-24,26-31H,32-35H2,1-12H3,(H,59,60,61);13-24H,25-28H2,1-12H3;3-8H,1-2H3;3*1-4H3;;;/q-1;;;;;;2*+1;/p-1/b;15-13+,16-14+;;;;;;;. The SMILES string of the molecule is CC(C)(C)C.CC(C)(C)C.CC(C)(C)C.CC(C)(C)CN(CC(C)(C)C)c1c(N=Nc2ccc(-c3ccc(N=Nc4cc(N(CC(C)(C)C)CC(C)(C)C)c5ccccc5c4S(=O)(=O)[O-])cc3)cc2)c[c-]c2ccccc12.CC(C)(C)CN(CC(C)(C)C)c1ccc(/C=C/C=C/c2ccc(N(CC(C)(C)C)CC(C)(C)C)cc2)cc1.CC(C)c1ccccc1.O=S(=O)=O.[Na+].[Na+]. The Morgan fingerprint density at radius 2 is 0.638 bits per heavy atom. The Morgan fingerprint density at radius 1 is 0.354 bits per heavy atom. The fourth-order valence-corrected chi connectivity index (χ4v) is 14.2. The van der Waals surface area contributed by atoms with Gasteiger partial charge in [-0.2, -0.15) is 15.3 Å². The van der Waals surface area contributed by atoms with Gasteiger partial charge in [-0.1, -0.05) is 408 Å². The Morgan fingerprint density at radius 3 is 0.946 bits per heavy atom. The number of fused-ring (bicyclic) bond motifs is 2. The van der Waals surface area contributed by atoms with Crippen molar-refractivity contribution in [3.8, 4) is 11.1 Å². The number of hydrogen-bond acceptors (Lipinski definition) is 14. The average Bonchev–Trinajstić information content (AvgIpc) is 0.750. The van der Waals surface area contributed by atoms with Crippen molar-refractivity contribution in [2.24, 2.45) is 80.0 Å². The van der Waals surface area contributed by atoms with Gasteiger partial charge in [-0.3, -0.25) is 0 Å². The fraction of sp³-hybridized carbons (Fsp3) is 0.518. The van der Waals surface area contributed by atoms with Gasteiger partial charge in [0.2, 0.25) is 0 Å². The van der Waals surface area contributed by atoms with Gasteiger partial charge in [0, 0.05) is 85.9 Å². The number of benzene rings is 9. The molecule has 0 unspecified atom stereocenters. The molecule has 18 heteroatoms. The summed E-state index contributed by atoms with van der Waals surface area (Å²) in [5.41, 5.74) is 14.8. The third-order valence-corrected chi connectivity index (χ3v) is 18.2. The second-order valence-corrected chi connectivity index (χ2v) is 50.6. The number of rotatable bonds is 22. The summed E-state index contributed by atoms with van der Waals surface area (Å²) in [6, 6.07) is 66.5. The van der Waals surface area contributed by atoms with Gasteiger partial charge in [0.1, 0.15) is 15.8 Å². The summed E-state index contributed by atoms with van der Waals surface area (Å²) in [5, 5.41) is 21.6. The first-order valence-corrected chi connectivity index (χ1v) is 47.9. The smallest absolute Gasteiger partial charge is 0.744 e. The van der Waals surface area contributed by atoms with Gasteiger partial charge in [-0.15, -0.1) is 47.4 Å². The van der Waals surface area contributed by atoms with Crippen LogP contribution in [0.15, 0.2) is 226 Å². The maximum Gasteiger partial charge on any atom is 1.00 e. The predicted molar refractivity (Wildman–Crippen MR) is 556 cm³/mol. The van der Waals surface area contributed by atoms with Gasteiger partial charge in [0.15, 0.2) is 0 Å². The largest absolute Gasteiger partial charge is 1.00 e. The molecule has 0 aliphatic rings. The molecule has 0 saturated heterocycles. The number of anilines is 4. The van der Waals surface area contributed by atoms with Crippen LogP contribution in [0.2, 0.25) is 0 Å². The molecular weight excluding hydrogens is 1660 g/mol. The summed E-state index contributed by atoms with van der Waals surface area (Å²) in [6.45, 7) is 92.3. The van der Waals surface area contributed by atoms with Crippen LogP contribution in [0, 0.1) is 65.6 Å². The number of hydrogen-bond donors (Lipinski definition) is 0. The van der Waals surface area contributed by atoms with E-state index in [1.807, 2.05) is 78.9 Å². The molecule has 0 N–H and O–H groups in total. The van der Waals surface area contributed by atoms with E-state index in [-0.39, 0.29) is 113 Å². The first kappa shape index (κ1) is 121. The van der Waals surface area contributed by atoms with Crippen molar-refractivity contribution >= 4 is 99.9 Å². The minimum Gasteiger partial charge on any atom is -0.744 e. The van der Waals surface area contributed by atoms with Crippen LogP contribution in [0.3, 0.4) is 0 Å². The monoisotopic (exact) mass is 1830 g/mol. The van der Waals surface area contributed by atoms with Crippen molar-refractivity contribution in [1.82, 2.24) is 0 Å². The maximum atomic E-state index is 12.8. The first-order chi connectivity index (χ1) is 58.2. The van der Waals surface area contributed by atoms with Crippen molar-refractivity contribution in [2.75, 3.05) is 72.0 Å². The van der Waals surface area contributed by atoms with E-state index in [9.17, 15) is 13.0 Å². The van der Waals surface area contributed by atoms with Crippen LogP contribution in [0.25, 0.3) is 44.8 Å². The Balaban J connectivity index is 0.00000104. The maximum absolute atomic E-state index is 12.8. The molecule has 9 aromatic carbocycles. The zero-order chi connectivity index (χ0) is 97.8. The van der Waals surface area contributed by atoms with Crippen molar-refractivity contribution in [1.29, 1.82) is 0 Å². The molecule has 0 aliphatic carbocycles. The van der Waals surface area contributed by atoms with Gasteiger partial charge >= 0.3 is 69.7 Å². The van der Waals surface area contributed by atoms with Crippen LogP contribution in [-0.2, 0) is 20.7 Å². The molecular formula is C112H166N8Na2O6S2. The summed E-state index contributed by atoms with van der Waals surface area (Å²) in [7, 11) is -8.02. The van der Waals surface area contributed by atoms with Crippen molar-refractivity contribution < 1.29 is 84.7 Å². The van der Waals surface area contributed by atoms with E-state index in [0.717, 1.165) is 83.9 Å². The van der Waals surface area contributed by atoms with Gasteiger partial charge < -0.3 is 24.2 Å². The Labute approximate surface area is 837 Å². The second kappa shape index (κ2) is 52.1. The van der Waals surface area contributed by atoms with Crippen molar-refractivity contribution in [2.45, 2.75) is 274 Å². The van der Waals surface area contributed by atoms with E-state index in [0.29, 0.717) is 51.7 Å². The topological polar surface area (TPSA) is 171 Å². The van der Waals surface area contributed by atoms with Crippen LogP contribution in [0.5, 0.6) is 0 Å². The summed E-state index contributed by atoms with van der Waals surface area (Å²) in [5.74, 6) is 0.659. The van der Waals surface area contributed by atoms with E-state index >= 15 is 0 Å². The van der Waals surface area contributed by atoms with Gasteiger partial charge in [0.25, 0.3) is 0 Å². The summed E-state index contributed by atoms with van der Waals surface area (Å²) >= 11 is 0. The molecule has 0 saturated carbocycles. The molecule has 0 fully saturated rings. The average molecular weight is 1830 g/mol. The van der Waals surface area contributed by atoms with E-state index in [1.54, 1.807) is 18.2 Å². The number of azo groups is 2. The molecule has 0 heterocycles. The Bertz CT molecular complexity index is 5020. The van der Waals surface area contributed by atoms with Crippen LogP contribution >= 0.6 is 0 Å². The van der Waals surface area contributed by atoms with E-state index < -0.39 is 20.7 Å². The third kappa shape index (κ3) is 54.3. The Hall–Kier alpha value is -7.09. The van der Waals surface area contributed by atoms with Gasteiger partial charge in [-0.25, -0.2) is 8.42 Å². The first-order valence-electron chi connectivity index (χ1n) is 45.5. The minimum atomic E-state index is -4.91. The molecule has 0 amide bonds. The number of allylic oxidation sites excluding steroid dienone is 2. The molecule has 14 nitrogen and oxygen atoms in total. The molecule has 0 bridgehead atoms. The minimum absolute atomic E-state index is 0. The molecule has 0 spiro atoms. The van der Waals surface area contributed by atoms with Crippen LogP contribution < -0.4 is 78.7 Å². The number of nitrogens with zero attached hydrogens (tertiary/aromatic N) is 8. The summed E-state index contributed by atoms with van der Waals surface area (Å²) in [4.78, 5) is 9.40. The summed E-state index contributed by atoms with van der Waals surface area (Å²) in [6.07, 6.45) is 8.63. The molecule has 0 aliphatic heterocycles. The van der Waals surface area contributed by atoms with Crippen LogP contribution in [0.4, 0.5) is 45.5 Å². The molecule has 9 aromatic rings. The molecule has 0 radical (unpaired) electrons. The molecule has 704 valence electrons. The van der Waals surface area contributed by atoms with E-state index in [1.165, 1.54) is 28.1 Å². The van der Waals surface area contributed by atoms with Gasteiger partial charge in [0.05, 0.1) is 16.3 Å². The third-order valence-electron chi connectivity index (χ3n) is 17.3. The van der Waals surface area contributed by atoms with Crippen molar-refractivity contribution in [3.63, 3.8) is 0 Å². The Kier molecular flexibility index (Phi) is 48.5. The molecule has 9 rings (SSSR count). The van der Waals surface area contributed by atoms with E-state index in [4.69, 9.17) is 22.9 Å². The summed E-state index contributed by atoms with van der Waals surface area (Å²) < 4.78 is 63.9. The zero-order valence-electron chi connectivity index (χ0n) is 88.3. The molecule has 130 heavy (non-hydrogen) atoms. The van der Waals surface area contributed by atoms with Gasteiger partial charge in [-0.05, 0) is 154 Å². The van der Waals surface area contributed by atoms with Crippen LogP contribution in [0.1, 0.15) is 286 Å². The zero-order valence-corrected chi connectivity index (χ0v) is 93.9. The molecule has 0 atom stereocenters. The van der Waals surface area contributed by atoms with E-state index in [2.05, 4.69) is 414 Å². The second-order valence-electron chi connectivity index (χ2n) is 48.9. The predicted octanol–water partition coefficient (Wildman–Crippen LogP) is 27.2. The molecule has 0 aromatic heterocycles. The van der Waals surface area contributed by atoms with Crippen molar-refractivity contribution in [3.05, 3.63) is 223 Å². The quantitative estimate of drug-likeness (QED) is 0.0209. The van der Waals surface area contributed by atoms with Crippen LogP contribution in [-0.4, -0.2) is 78.0 Å². The normalized spacial score (nSPS) is 12.5. The fourth-order valence-electron chi connectivity index (χ4n) is 13.4.